The van der Waals surface area contributed by atoms with Gasteiger partial charge >= 0.3 is 0 Å². The van der Waals surface area contributed by atoms with Crippen molar-refractivity contribution in [2.75, 3.05) is 0 Å². The van der Waals surface area contributed by atoms with Gasteiger partial charge < -0.3 is 10.1 Å². The molecular formula is C9H17NO. The monoisotopic (exact) mass is 155 g/mol. The fourth-order valence-corrected chi connectivity index (χ4v) is 0.258. The Morgan fingerprint density at radius 1 is 1.00 bits per heavy atom. The fourth-order valence-electron chi connectivity index (χ4n) is 0.258. The third-order valence-electron chi connectivity index (χ3n) is 0.486. The average molecular weight is 155 g/mol. The molecule has 1 aliphatic heterocycles. The van der Waals surface area contributed by atoms with Gasteiger partial charge in [0.1, 0.15) is 12.5 Å². The van der Waals surface area contributed by atoms with Crippen LogP contribution in [0, 0.1) is 5.41 Å². The molecule has 0 aliphatic carbocycles. The molecule has 1 aliphatic rings. The minimum atomic E-state index is 0.500. The second-order valence-electron chi connectivity index (χ2n) is 3.91. The molecule has 0 bridgehead atoms. The average Bonchev–Trinajstić information content (AvgIpc) is 1.88. The first kappa shape index (κ1) is 10.1. The highest BCUT2D eigenvalue weighted by atomic mass is 16.5. The zero-order chi connectivity index (χ0) is 8.74. The van der Waals surface area contributed by atoms with Crippen LogP contribution in [0.1, 0.15) is 27.7 Å². The molecule has 11 heavy (non-hydrogen) atoms. The standard InChI is InChI=1S/C5H12.C4H5NO/c1-5(2,3)4;1-3-6-4-2-5-1/h1-4H3;1-5H. The smallest absolute Gasteiger partial charge is 0.106 e. The molecule has 0 aromatic heterocycles. The summed E-state index contributed by atoms with van der Waals surface area (Å²) in [6.45, 7) is 8.75. The molecule has 0 atom stereocenters. The number of hydrogen-bond donors (Lipinski definition) is 1. The van der Waals surface area contributed by atoms with Crippen molar-refractivity contribution in [3.05, 3.63) is 24.9 Å². The van der Waals surface area contributed by atoms with Crippen LogP contribution in [0.15, 0.2) is 24.9 Å². The second-order valence-corrected chi connectivity index (χ2v) is 3.91. The zero-order valence-corrected chi connectivity index (χ0v) is 7.72. The highest BCUT2D eigenvalue weighted by Gasteiger charge is 1.95. The Morgan fingerprint density at radius 3 is 1.45 bits per heavy atom. The molecule has 0 spiro atoms. The van der Waals surface area contributed by atoms with Crippen LogP contribution in [0.25, 0.3) is 0 Å². The molecule has 64 valence electrons. The van der Waals surface area contributed by atoms with Crippen molar-refractivity contribution >= 4 is 0 Å². The van der Waals surface area contributed by atoms with Gasteiger partial charge in [-0.1, -0.05) is 27.7 Å². The number of hydrogen-bond acceptors (Lipinski definition) is 2. The maximum atomic E-state index is 4.65. The number of ether oxygens (including phenoxy) is 1. The molecule has 2 heteroatoms. The van der Waals surface area contributed by atoms with Crippen LogP contribution in [0.5, 0.6) is 0 Å². The van der Waals surface area contributed by atoms with Crippen molar-refractivity contribution in [3.63, 3.8) is 0 Å². The summed E-state index contributed by atoms with van der Waals surface area (Å²) in [7, 11) is 0. The molecule has 0 saturated heterocycles. The van der Waals surface area contributed by atoms with E-state index >= 15 is 0 Å². The van der Waals surface area contributed by atoms with Crippen LogP contribution in [-0.2, 0) is 4.74 Å². The lowest BCUT2D eigenvalue weighted by molar-refractivity contribution is 0.390. The maximum absolute atomic E-state index is 4.65. The first-order valence-corrected chi connectivity index (χ1v) is 3.72. The topological polar surface area (TPSA) is 21.3 Å². The molecule has 1 N–H and O–H groups in total. The summed E-state index contributed by atoms with van der Waals surface area (Å²) in [4.78, 5) is 0. The molecule has 0 fully saturated rings. The van der Waals surface area contributed by atoms with Crippen LogP contribution in [0.3, 0.4) is 0 Å². The van der Waals surface area contributed by atoms with Gasteiger partial charge in [-0.05, 0) is 5.41 Å². The van der Waals surface area contributed by atoms with Crippen molar-refractivity contribution in [3.8, 4) is 0 Å². The van der Waals surface area contributed by atoms with Crippen LogP contribution in [0.4, 0.5) is 0 Å². The van der Waals surface area contributed by atoms with Crippen molar-refractivity contribution < 1.29 is 4.74 Å². The van der Waals surface area contributed by atoms with Crippen molar-refractivity contribution in [2.45, 2.75) is 27.7 Å². The summed E-state index contributed by atoms with van der Waals surface area (Å²) in [5.41, 5.74) is 0.500. The lowest BCUT2D eigenvalue weighted by Gasteiger charge is -2.05. The van der Waals surface area contributed by atoms with Crippen LogP contribution in [-0.4, -0.2) is 0 Å². The van der Waals surface area contributed by atoms with E-state index in [-0.39, 0.29) is 0 Å². The third-order valence-corrected chi connectivity index (χ3v) is 0.486. The molecule has 2 nitrogen and oxygen atoms in total. The van der Waals surface area contributed by atoms with Crippen LogP contribution < -0.4 is 5.32 Å². The molecule has 0 unspecified atom stereocenters. The van der Waals surface area contributed by atoms with Gasteiger partial charge in [-0.3, -0.25) is 0 Å². The van der Waals surface area contributed by atoms with E-state index in [4.69, 9.17) is 0 Å². The van der Waals surface area contributed by atoms with Crippen molar-refractivity contribution in [1.29, 1.82) is 0 Å². The van der Waals surface area contributed by atoms with E-state index in [2.05, 4.69) is 37.7 Å². The highest BCUT2D eigenvalue weighted by Crippen LogP contribution is 2.08. The SMILES string of the molecule is C1=COC=CN1.CC(C)(C)C. The van der Waals surface area contributed by atoms with Crippen LogP contribution in [0.2, 0.25) is 0 Å². The van der Waals surface area contributed by atoms with E-state index in [0.717, 1.165) is 0 Å². The molecular weight excluding hydrogens is 138 g/mol. The summed E-state index contributed by atoms with van der Waals surface area (Å²) in [5, 5.41) is 2.80. The van der Waals surface area contributed by atoms with E-state index in [1.807, 2.05) is 0 Å². The van der Waals surface area contributed by atoms with Gasteiger partial charge in [0.2, 0.25) is 0 Å². The predicted molar refractivity (Wildman–Crippen MR) is 47.6 cm³/mol. The van der Waals surface area contributed by atoms with Gasteiger partial charge in [-0.2, -0.15) is 0 Å². The van der Waals surface area contributed by atoms with Gasteiger partial charge in [0, 0.05) is 12.4 Å². The number of rotatable bonds is 0. The lowest BCUT2D eigenvalue weighted by atomic mass is 10.0. The Morgan fingerprint density at radius 2 is 1.36 bits per heavy atom. The van der Waals surface area contributed by atoms with Gasteiger partial charge in [0.25, 0.3) is 0 Å². The minimum absolute atomic E-state index is 0.500. The second kappa shape index (κ2) is 4.83. The zero-order valence-electron chi connectivity index (χ0n) is 7.72. The lowest BCUT2D eigenvalue weighted by Crippen LogP contribution is -1.94. The molecule has 0 amide bonds. The van der Waals surface area contributed by atoms with Crippen LogP contribution >= 0.6 is 0 Å². The molecule has 1 heterocycles. The summed E-state index contributed by atoms with van der Waals surface area (Å²) in [6, 6.07) is 0. The molecule has 0 radical (unpaired) electrons. The summed E-state index contributed by atoms with van der Waals surface area (Å²) in [6.07, 6.45) is 6.56. The van der Waals surface area contributed by atoms with E-state index in [1.54, 1.807) is 24.9 Å². The first-order chi connectivity index (χ1) is 5.00. The van der Waals surface area contributed by atoms with Gasteiger partial charge in [0.05, 0.1) is 0 Å². The summed E-state index contributed by atoms with van der Waals surface area (Å²) < 4.78 is 4.65. The summed E-state index contributed by atoms with van der Waals surface area (Å²) >= 11 is 0. The van der Waals surface area contributed by atoms with Gasteiger partial charge in [0.15, 0.2) is 0 Å². The van der Waals surface area contributed by atoms with Gasteiger partial charge in [-0.15, -0.1) is 0 Å². The minimum Gasteiger partial charge on any atom is -0.470 e. The highest BCUT2D eigenvalue weighted by molar-refractivity contribution is 4.87. The summed E-state index contributed by atoms with van der Waals surface area (Å²) in [5.74, 6) is 0. The Bertz CT molecular complexity index is 116. The third kappa shape index (κ3) is 17.6. The van der Waals surface area contributed by atoms with Crippen molar-refractivity contribution in [2.24, 2.45) is 5.41 Å². The van der Waals surface area contributed by atoms with E-state index < -0.39 is 0 Å². The predicted octanol–water partition coefficient (Wildman–Crippen LogP) is 2.60. The first-order valence-electron chi connectivity index (χ1n) is 3.72. The van der Waals surface area contributed by atoms with E-state index in [9.17, 15) is 0 Å². The van der Waals surface area contributed by atoms with Crippen molar-refractivity contribution in [1.82, 2.24) is 5.32 Å². The Hall–Kier alpha value is -0.920. The van der Waals surface area contributed by atoms with E-state index in [0.29, 0.717) is 5.41 Å². The normalized spacial score (nSPS) is 14.2. The molecule has 0 aromatic rings. The Labute approximate surface area is 68.9 Å². The Balaban J connectivity index is 0.000000187. The molecule has 1 rings (SSSR count). The quantitative estimate of drug-likeness (QED) is 0.580. The Kier molecular flexibility index (Phi) is 4.42. The van der Waals surface area contributed by atoms with E-state index in [1.165, 1.54) is 0 Å². The maximum Gasteiger partial charge on any atom is 0.106 e. The van der Waals surface area contributed by atoms with Gasteiger partial charge in [-0.25, -0.2) is 0 Å². The largest absolute Gasteiger partial charge is 0.470 e. The fraction of sp³-hybridized carbons (Fsp3) is 0.556. The molecule has 0 aromatic carbocycles. The molecule has 0 saturated carbocycles. The number of nitrogens with one attached hydrogen (secondary N) is 1.